The maximum Gasteiger partial charge on any atom is 0.312 e. The minimum Gasteiger partial charge on any atom is -0.466 e. The Bertz CT molecular complexity index is 278. The van der Waals surface area contributed by atoms with Crippen molar-refractivity contribution in [1.29, 1.82) is 0 Å². The van der Waals surface area contributed by atoms with E-state index in [1.165, 1.54) is 0 Å². The molecule has 0 spiro atoms. The molecule has 1 heterocycles. The van der Waals surface area contributed by atoms with Gasteiger partial charge in [-0.05, 0) is 26.7 Å². The highest BCUT2D eigenvalue weighted by molar-refractivity contribution is 5.74. The van der Waals surface area contributed by atoms with Gasteiger partial charge in [0, 0.05) is 12.8 Å². The van der Waals surface area contributed by atoms with Crippen molar-refractivity contribution in [2.75, 3.05) is 6.61 Å². The van der Waals surface area contributed by atoms with Gasteiger partial charge in [0.2, 0.25) is 0 Å². The number of esters is 1. The van der Waals surface area contributed by atoms with Gasteiger partial charge >= 0.3 is 5.97 Å². The molecule has 0 aromatic rings. The highest BCUT2D eigenvalue weighted by atomic mass is 16.5. The lowest BCUT2D eigenvalue weighted by Gasteiger charge is -2.44. The summed E-state index contributed by atoms with van der Waals surface area (Å²) in [6, 6.07) is 0. The van der Waals surface area contributed by atoms with Gasteiger partial charge in [0.25, 0.3) is 0 Å². The first-order valence-corrected chi connectivity index (χ1v) is 6.84. The van der Waals surface area contributed by atoms with Gasteiger partial charge < -0.3 is 14.6 Å². The Balaban J connectivity index is 2.92. The van der Waals surface area contributed by atoms with Crippen LogP contribution in [0.5, 0.6) is 0 Å². The van der Waals surface area contributed by atoms with Crippen LogP contribution in [0.4, 0.5) is 0 Å². The van der Waals surface area contributed by atoms with E-state index >= 15 is 0 Å². The molecule has 0 bridgehead atoms. The lowest BCUT2D eigenvalue weighted by molar-refractivity contribution is -0.186. The van der Waals surface area contributed by atoms with Gasteiger partial charge in [-0.3, -0.25) is 4.79 Å². The van der Waals surface area contributed by atoms with Crippen molar-refractivity contribution in [3.05, 3.63) is 0 Å². The molecule has 1 fully saturated rings. The summed E-state index contributed by atoms with van der Waals surface area (Å²) < 4.78 is 10.8. The molecule has 1 aliphatic heterocycles. The van der Waals surface area contributed by atoms with E-state index in [9.17, 15) is 9.90 Å². The van der Waals surface area contributed by atoms with Crippen LogP contribution in [0.1, 0.15) is 47.5 Å². The number of ether oxygens (including phenoxy) is 2. The molecule has 1 saturated heterocycles. The van der Waals surface area contributed by atoms with E-state index in [-0.39, 0.29) is 24.1 Å². The monoisotopic (exact) mass is 258 g/mol. The Morgan fingerprint density at radius 1 is 1.39 bits per heavy atom. The third kappa shape index (κ3) is 3.45. The fourth-order valence-electron chi connectivity index (χ4n) is 3.17. The SMILES string of the molecule is CCOC(=O)C(C(C)C)C1(O)CC(C)OC(C)C1. The molecular formula is C14H26O4. The van der Waals surface area contributed by atoms with Crippen molar-refractivity contribution in [2.24, 2.45) is 11.8 Å². The third-order valence-electron chi connectivity index (χ3n) is 3.53. The summed E-state index contributed by atoms with van der Waals surface area (Å²) in [7, 11) is 0. The molecule has 4 nitrogen and oxygen atoms in total. The van der Waals surface area contributed by atoms with Crippen molar-refractivity contribution < 1.29 is 19.4 Å². The Hall–Kier alpha value is -0.610. The van der Waals surface area contributed by atoms with E-state index in [2.05, 4.69) is 0 Å². The molecule has 0 aromatic carbocycles. The van der Waals surface area contributed by atoms with Gasteiger partial charge in [0.1, 0.15) is 0 Å². The zero-order chi connectivity index (χ0) is 13.9. The van der Waals surface area contributed by atoms with Gasteiger partial charge in [0.05, 0.1) is 30.3 Å². The Morgan fingerprint density at radius 2 is 1.89 bits per heavy atom. The molecule has 1 rings (SSSR count). The Morgan fingerprint density at radius 3 is 2.28 bits per heavy atom. The summed E-state index contributed by atoms with van der Waals surface area (Å²) in [6.45, 7) is 9.90. The van der Waals surface area contributed by atoms with Crippen LogP contribution in [-0.4, -0.2) is 35.5 Å². The molecule has 18 heavy (non-hydrogen) atoms. The highest BCUT2D eigenvalue weighted by Crippen LogP contribution is 2.38. The fourth-order valence-corrected chi connectivity index (χ4v) is 3.17. The van der Waals surface area contributed by atoms with Crippen LogP contribution in [0.2, 0.25) is 0 Å². The molecule has 0 aromatic heterocycles. The first kappa shape index (κ1) is 15.4. The van der Waals surface area contributed by atoms with E-state index in [4.69, 9.17) is 9.47 Å². The van der Waals surface area contributed by atoms with E-state index < -0.39 is 11.5 Å². The molecule has 1 aliphatic rings. The fraction of sp³-hybridized carbons (Fsp3) is 0.929. The lowest BCUT2D eigenvalue weighted by atomic mass is 9.72. The number of carbonyl (C=O) groups is 1. The summed E-state index contributed by atoms with van der Waals surface area (Å²) in [5, 5.41) is 10.9. The Kier molecular flexibility index (Phi) is 5.17. The van der Waals surface area contributed by atoms with E-state index in [0.29, 0.717) is 19.4 Å². The zero-order valence-electron chi connectivity index (χ0n) is 12.1. The quantitative estimate of drug-likeness (QED) is 0.785. The number of rotatable bonds is 4. The molecule has 4 heteroatoms. The maximum atomic E-state index is 12.1. The summed E-state index contributed by atoms with van der Waals surface area (Å²) >= 11 is 0. The molecule has 1 N–H and O–H groups in total. The molecule has 0 saturated carbocycles. The summed E-state index contributed by atoms with van der Waals surface area (Å²) in [5.41, 5.74) is -1.02. The second-order valence-corrected chi connectivity index (χ2v) is 5.74. The molecule has 3 atom stereocenters. The van der Waals surface area contributed by atoms with Gasteiger partial charge in [-0.15, -0.1) is 0 Å². The van der Waals surface area contributed by atoms with Gasteiger partial charge in [-0.2, -0.15) is 0 Å². The standard InChI is InChI=1S/C14H26O4/c1-6-17-13(15)12(9(2)3)14(16)7-10(4)18-11(5)8-14/h9-12,16H,6-8H2,1-5H3. The van der Waals surface area contributed by atoms with Gasteiger partial charge in [0.15, 0.2) is 0 Å². The topological polar surface area (TPSA) is 55.8 Å². The summed E-state index contributed by atoms with van der Waals surface area (Å²) in [5.74, 6) is -0.728. The number of aliphatic hydroxyl groups is 1. The second kappa shape index (κ2) is 6.02. The summed E-state index contributed by atoms with van der Waals surface area (Å²) in [6.07, 6.45) is 0.904. The zero-order valence-corrected chi connectivity index (χ0v) is 12.1. The van der Waals surface area contributed by atoms with Crippen LogP contribution in [0.3, 0.4) is 0 Å². The summed E-state index contributed by atoms with van der Waals surface area (Å²) in [4.78, 5) is 12.1. The van der Waals surface area contributed by atoms with Crippen molar-refractivity contribution in [3.8, 4) is 0 Å². The molecule has 3 unspecified atom stereocenters. The van der Waals surface area contributed by atoms with E-state index in [0.717, 1.165) is 0 Å². The largest absolute Gasteiger partial charge is 0.466 e. The van der Waals surface area contributed by atoms with Crippen LogP contribution < -0.4 is 0 Å². The van der Waals surface area contributed by atoms with Gasteiger partial charge in [-0.25, -0.2) is 0 Å². The van der Waals surface area contributed by atoms with Crippen molar-refractivity contribution in [2.45, 2.75) is 65.3 Å². The smallest absolute Gasteiger partial charge is 0.312 e. The molecule has 0 aliphatic carbocycles. The van der Waals surface area contributed by atoms with Crippen LogP contribution >= 0.6 is 0 Å². The van der Waals surface area contributed by atoms with Crippen LogP contribution in [0.25, 0.3) is 0 Å². The predicted octanol–water partition coefficient (Wildman–Crippen LogP) is 2.14. The second-order valence-electron chi connectivity index (χ2n) is 5.74. The minimum atomic E-state index is -1.02. The van der Waals surface area contributed by atoms with Crippen LogP contribution in [0, 0.1) is 11.8 Å². The average molecular weight is 258 g/mol. The Labute approximate surface area is 110 Å². The van der Waals surface area contributed by atoms with Gasteiger partial charge in [-0.1, -0.05) is 13.8 Å². The number of hydrogen-bond acceptors (Lipinski definition) is 4. The first-order valence-electron chi connectivity index (χ1n) is 6.84. The molecule has 0 amide bonds. The highest BCUT2D eigenvalue weighted by Gasteiger charge is 2.48. The molecule has 0 radical (unpaired) electrons. The molecule has 106 valence electrons. The average Bonchev–Trinajstić information content (AvgIpc) is 2.13. The lowest BCUT2D eigenvalue weighted by Crippen LogP contribution is -2.53. The van der Waals surface area contributed by atoms with E-state index in [1.807, 2.05) is 27.7 Å². The van der Waals surface area contributed by atoms with Crippen LogP contribution in [0.15, 0.2) is 0 Å². The first-order chi connectivity index (χ1) is 8.30. The molecular weight excluding hydrogens is 232 g/mol. The predicted molar refractivity (Wildman–Crippen MR) is 69.2 cm³/mol. The van der Waals surface area contributed by atoms with E-state index in [1.54, 1.807) is 6.92 Å². The van der Waals surface area contributed by atoms with Crippen molar-refractivity contribution in [3.63, 3.8) is 0 Å². The van der Waals surface area contributed by atoms with Crippen molar-refractivity contribution >= 4 is 5.97 Å². The third-order valence-corrected chi connectivity index (χ3v) is 3.53. The van der Waals surface area contributed by atoms with Crippen LogP contribution in [-0.2, 0) is 14.3 Å². The number of carbonyl (C=O) groups excluding carboxylic acids is 1. The normalized spacial score (nSPS) is 34.4. The maximum absolute atomic E-state index is 12.1. The van der Waals surface area contributed by atoms with Crippen molar-refractivity contribution in [1.82, 2.24) is 0 Å². The number of hydrogen-bond donors (Lipinski definition) is 1. The minimum absolute atomic E-state index is 0.0329.